The maximum Gasteiger partial charge on any atom is 0.317 e. The molecule has 3 rings (SSSR count). The van der Waals surface area contributed by atoms with Crippen molar-refractivity contribution in [1.29, 1.82) is 0 Å². The van der Waals surface area contributed by atoms with Gasteiger partial charge in [-0.15, -0.1) is 0 Å². The van der Waals surface area contributed by atoms with Crippen LogP contribution in [-0.2, 0) is 28.7 Å². The van der Waals surface area contributed by atoms with Crippen LogP contribution >= 0.6 is 0 Å². The second-order valence-corrected chi connectivity index (χ2v) is 4.38. The van der Waals surface area contributed by atoms with E-state index in [1.807, 2.05) is 0 Å². The zero-order valence-corrected chi connectivity index (χ0v) is 8.17. The minimum atomic E-state index is -0.694. The van der Waals surface area contributed by atoms with Gasteiger partial charge < -0.3 is 9.47 Å². The molecule has 0 radical (unpaired) electrons. The second-order valence-electron chi connectivity index (χ2n) is 4.38. The van der Waals surface area contributed by atoms with Crippen LogP contribution in [0, 0.1) is 23.7 Å². The first-order valence-corrected chi connectivity index (χ1v) is 5.08. The van der Waals surface area contributed by atoms with Crippen LogP contribution < -0.4 is 0 Å². The van der Waals surface area contributed by atoms with Gasteiger partial charge >= 0.3 is 23.9 Å². The van der Waals surface area contributed by atoms with Crippen LogP contribution in [-0.4, -0.2) is 23.9 Å². The molecule has 6 nitrogen and oxygen atoms in total. The molecular formula is C10H8O6. The highest BCUT2D eigenvalue weighted by Gasteiger charge is 2.60. The van der Waals surface area contributed by atoms with Gasteiger partial charge in [0.15, 0.2) is 0 Å². The van der Waals surface area contributed by atoms with Crippen LogP contribution in [0.2, 0.25) is 0 Å². The number of carbonyl (C=O) groups excluding carboxylic acids is 4. The molecule has 0 aromatic carbocycles. The first kappa shape index (κ1) is 9.50. The molecule has 2 heterocycles. The van der Waals surface area contributed by atoms with Crippen LogP contribution in [0.4, 0.5) is 0 Å². The molecule has 6 heteroatoms. The zero-order valence-electron chi connectivity index (χ0n) is 8.17. The molecule has 0 N–H and O–H groups in total. The molecule has 84 valence electrons. The number of hydrogen-bond acceptors (Lipinski definition) is 6. The van der Waals surface area contributed by atoms with E-state index in [9.17, 15) is 19.2 Å². The predicted octanol–water partition coefficient (Wildman–Crippen LogP) is -0.588. The third-order valence-electron chi connectivity index (χ3n) is 3.62. The topological polar surface area (TPSA) is 86.7 Å². The van der Waals surface area contributed by atoms with E-state index in [1.165, 1.54) is 0 Å². The van der Waals surface area contributed by atoms with Crippen molar-refractivity contribution >= 4 is 23.9 Å². The Morgan fingerprint density at radius 2 is 1.56 bits per heavy atom. The van der Waals surface area contributed by atoms with E-state index in [0.717, 1.165) is 0 Å². The van der Waals surface area contributed by atoms with Crippen LogP contribution in [0.5, 0.6) is 0 Å². The Balaban J connectivity index is 2.02. The van der Waals surface area contributed by atoms with Crippen LogP contribution in [0.1, 0.15) is 12.8 Å². The summed E-state index contributed by atoms with van der Waals surface area (Å²) in [5, 5.41) is 0. The molecule has 3 aliphatic rings. The minimum Gasteiger partial charge on any atom is -0.393 e. The molecule has 1 aliphatic carbocycles. The smallest absolute Gasteiger partial charge is 0.317 e. The molecule has 0 spiro atoms. The Bertz CT molecular complexity index is 425. The maximum atomic E-state index is 11.5. The molecule has 2 saturated heterocycles. The Hall–Kier alpha value is -1.72. The van der Waals surface area contributed by atoms with Crippen LogP contribution in [0.25, 0.3) is 0 Å². The summed E-state index contributed by atoms with van der Waals surface area (Å²) in [5.74, 6) is -4.83. The van der Waals surface area contributed by atoms with Crippen molar-refractivity contribution in [3.63, 3.8) is 0 Å². The summed E-state index contributed by atoms with van der Waals surface area (Å²) in [6, 6.07) is 0. The fraction of sp³-hybridized carbons (Fsp3) is 0.600. The fourth-order valence-corrected chi connectivity index (χ4v) is 2.93. The minimum absolute atomic E-state index is 0.0138. The largest absolute Gasteiger partial charge is 0.393 e. The highest BCUT2D eigenvalue weighted by Crippen LogP contribution is 2.49. The lowest BCUT2D eigenvalue weighted by Gasteiger charge is -2.24. The number of ether oxygens (including phenoxy) is 2. The lowest BCUT2D eigenvalue weighted by Crippen LogP contribution is -2.37. The normalized spacial score (nSPS) is 41.5. The standard InChI is InChI=1S/C10H8O6/c11-6-2-3-4-1-5(7(3)10(14)15-6)9(13)16-8(4)12/h3-5,7H,1-2H2/t3-,4-,5-,7-/m1/s1. The van der Waals surface area contributed by atoms with E-state index in [-0.39, 0.29) is 6.42 Å². The molecule has 3 fully saturated rings. The van der Waals surface area contributed by atoms with E-state index in [0.29, 0.717) is 6.42 Å². The summed E-state index contributed by atoms with van der Waals surface area (Å²) in [6.07, 6.45) is 0.315. The van der Waals surface area contributed by atoms with Gasteiger partial charge in [0.25, 0.3) is 0 Å². The Labute approximate surface area is 89.9 Å². The summed E-state index contributed by atoms with van der Waals surface area (Å²) in [5.41, 5.74) is 0. The Morgan fingerprint density at radius 1 is 0.875 bits per heavy atom. The molecule has 16 heavy (non-hydrogen) atoms. The molecule has 0 aromatic rings. The molecule has 2 aliphatic heterocycles. The summed E-state index contributed by atoms with van der Waals surface area (Å²) < 4.78 is 9.05. The number of esters is 4. The van der Waals surface area contributed by atoms with E-state index >= 15 is 0 Å². The molecule has 0 aromatic heterocycles. The fourth-order valence-electron chi connectivity index (χ4n) is 2.93. The van der Waals surface area contributed by atoms with E-state index in [4.69, 9.17) is 0 Å². The van der Waals surface area contributed by atoms with Crippen molar-refractivity contribution in [2.24, 2.45) is 23.7 Å². The van der Waals surface area contributed by atoms with Gasteiger partial charge in [-0.1, -0.05) is 0 Å². The van der Waals surface area contributed by atoms with Gasteiger partial charge in [-0.2, -0.15) is 0 Å². The summed E-state index contributed by atoms with van der Waals surface area (Å²) >= 11 is 0. The summed E-state index contributed by atoms with van der Waals surface area (Å²) in [6.45, 7) is 0. The van der Waals surface area contributed by atoms with Crippen molar-refractivity contribution in [1.82, 2.24) is 0 Å². The monoisotopic (exact) mass is 224 g/mol. The molecule has 0 amide bonds. The number of rotatable bonds is 0. The average molecular weight is 224 g/mol. The first-order valence-electron chi connectivity index (χ1n) is 5.08. The molecular weight excluding hydrogens is 216 g/mol. The van der Waals surface area contributed by atoms with Gasteiger partial charge in [-0.3, -0.25) is 19.2 Å². The van der Waals surface area contributed by atoms with Gasteiger partial charge in [0.2, 0.25) is 0 Å². The summed E-state index contributed by atoms with van der Waals surface area (Å²) in [4.78, 5) is 45.5. The quantitative estimate of drug-likeness (QED) is 0.404. The first-order chi connectivity index (χ1) is 7.58. The van der Waals surface area contributed by atoms with Gasteiger partial charge in [0.1, 0.15) is 0 Å². The molecule has 1 saturated carbocycles. The van der Waals surface area contributed by atoms with Gasteiger partial charge in [0, 0.05) is 0 Å². The van der Waals surface area contributed by atoms with Gasteiger partial charge in [0.05, 0.1) is 24.2 Å². The number of carbonyl (C=O) groups is 4. The number of fused-ring (bicyclic) bond motifs is 5. The second kappa shape index (κ2) is 2.90. The SMILES string of the molecule is O=C1C[C@H]2[C@@H](C(=O)O1)[C@H]1C[C@H]2C(=O)OC1=O. The highest BCUT2D eigenvalue weighted by molar-refractivity contribution is 5.99. The van der Waals surface area contributed by atoms with E-state index in [2.05, 4.69) is 9.47 Å². The Morgan fingerprint density at radius 3 is 2.31 bits per heavy atom. The van der Waals surface area contributed by atoms with Crippen molar-refractivity contribution in [2.45, 2.75) is 12.8 Å². The number of cyclic esters (lactones) is 4. The van der Waals surface area contributed by atoms with Crippen molar-refractivity contribution in [3.8, 4) is 0 Å². The highest BCUT2D eigenvalue weighted by atomic mass is 16.6. The van der Waals surface area contributed by atoms with Gasteiger partial charge in [-0.05, 0) is 12.3 Å². The van der Waals surface area contributed by atoms with Crippen LogP contribution in [0.15, 0.2) is 0 Å². The predicted molar refractivity (Wildman–Crippen MR) is 45.4 cm³/mol. The van der Waals surface area contributed by atoms with E-state index in [1.54, 1.807) is 0 Å². The number of hydrogen-bond donors (Lipinski definition) is 0. The van der Waals surface area contributed by atoms with E-state index < -0.39 is 47.5 Å². The molecule has 2 bridgehead atoms. The van der Waals surface area contributed by atoms with Crippen molar-refractivity contribution < 1.29 is 28.7 Å². The third-order valence-corrected chi connectivity index (χ3v) is 3.62. The van der Waals surface area contributed by atoms with Crippen molar-refractivity contribution in [2.75, 3.05) is 0 Å². The lowest BCUT2D eigenvalue weighted by atomic mass is 9.83. The lowest BCUT2D eigenvalue weighted by molar-refractivity contribution is -0.174. The third kappa shape index (κ3) is 1.07. The molecule has 4 atom stereocenters. The van der Waals surface area contributed by atoms with Crippen LogP contribution in [0.3, 0.4) is 0 Å². The Kier molecular flexibility index (Phi) is 1.72. The maximum absolute atomic E-state index is 11.5. The van der Waals surface area contributed by atoms with Crippen molar-refractivity contribution in [3.05, 3.63) is 0 Å². The zero-order chi connectivity index (χ0) is 11.4. The van der Waals surface area contributed by atoms with Gasteiger partial charge in [-0.25, -0.2) is 0 Å². The molecule has 0 unspecified atom stereocenters. The summed E-state index contributed by atoms with van der Waals surface area (Å²) in [7, 11) is 0. The average Bonchev–Trinajstić information content (AvgIpc) is 2.52.